The molecule has 0 saturated carbocycles. The fraction of sp³-hybridized carbons (Fsp3) is 0.500. The molecule has 2 aromatic rings. The minimum Gasteiger partial charge on any atom is -0.349 e. The number of hydrogen-bond acceptors (Lipinski definition) is 3. The van der Waals surface area contributed by atoms with E-state index < -0.39 is 0 Å². The van der Waals surface area contributed by atoms with Crippen LogP contribution in [-0.4, -0.2) is 27.8 Å². The van der Waals surface area contributed by atoms with Crippen LogP contribution in [-0.2, 0) is 4.79 Å². The number of carbonyl (C=O) groups is 1. The number of para-hydroxylation sites is 1. The Morgan fingerprint density at radius 2 is 2.04 bits per heavy atom. The summed E-state index contributed by atoms with van der Waals surface area (Å²) in [6.07, 6.45) is 9.17. The maximum atomic E-state index is 12.6. The summed E-state index contributed by atoms with van der Waals surface area (Å²) in [6.45, 7) is 2.05. The standard InChI is InChI=1S/C20H26N4O/c1-14(18-5-2-3-6-19(18)24-10-4-9-21-24)22-20(25)13-15-11-16-7-8-17(12-15)23-16/h2-6,9-10,14-17,23H,7-8,11-13H2,1H3,(H,22,25). The van der Waals surface area contributed by atoms with Crippen molar-refractivity contribution in [2.24, 2.45) is 5.92 Å². The molecule has 2 fully saturated rings. The molecule has 2 N–H and O–H groups in total. The third kappa shape index (κ3) is 3.61. The molecule has 5 nitrogen and oxygen atoms in total. The Balaban J connectivity index is 1.40. The van der Waals surface area contributed by atoms with E-state index in [1.807, 2.05) is 42.1 Å². The average molecular weight is 338 g/mol. The van der Waals surface area contributed by atoms with Crippen LogP contribution in [0.1, 0.15) is 50.6 Å². The van der Waals surface area contributed by atoms with E-state index in [0.29, 0.717) is 24.4 Å². The smallest absolute Gasteiger partial charge is 0.220 e. The third-order valence-corrected chi connectivity index (χ3v) is 5.58. The van der Waals surface area contributed by atoms with Gasteiger partial charge < -0.3 is 10.6 Å². The number of amides is 1. The van der Waals surface area contributed by atoms with E-state index in [1.165, 1.54) is 12.8 Å². The lowest BCUT2D eigenvalue weighted by molar-refractivity contribution is -0.122. The number of nitrogens with one attached hydrogen (secondary N) is 2. The second kappa shape index (κ2) is 7.00. The van der Waals surface area contributed by atoms with E-state index in [1.54, 1.807) is 6.20 Å². The fourth-order valence-corrected chi connectivity index (χ4v) is 4.46. The molecule has 1 aromatic carbocycles. The highest BCUT2D eigenvalue weighted by Gasteiger charge is 2.34. The van der Waals surface area contributed by atoms with Crippen molar-refractivity contribution in [1.29, 1.82) is 0 Å². The van der Waals surface area contributed by atoms with Gasteiger partial charge in [-0.3, -0.25) is 4.79 Å². The van der Waals surface area contributed by atoms with Gasteiger partial charge >= 0.3 is 0 Å². The molecule has 3 atom stereocenters. The van der Waals surface area contributed by atoms with Crippen molar-refractivity contribution in [3.8, 4) is 5.69 Å². The van der Waals surface area contributed by atoms with Gasteiger partial charge in [0.2, 0.25) is 5.91 Å². The number of hydrogen-bond donors (Lipinski definition) is 2. The van der Waals surface area contributed by atoms with Gasteiger partial charge in [0.1, 0.15) is 0 Å². The molecule has 3 heterocycles. The molecule has 2 saturated heterocycles. The van der Waals surface area contributed by atoms with Crippen molar-refractivity contribution in [3.05, 3.63) is 48.3 Å². The minimum absolute atomic E-state index is 0.0358. The van der Waals surface area contributed by atoms with Gasteiger partial charge in [-0.15, -0.1) is 0 Å². The van der Waals surface area contributed by atoms with Gasteiger partial charge in [-0.05, 0) is 56.2 Å². The number of carbonyl (C=O) groups excluding carboxylic acids is 1. The van der Waals surface area contributed by atoms with Crippen molar-refractivity contribution in [3.63, 3.8) is 0 Å². The van der Waals surface area contributed by atoms with Crippen LogP contribution in [0.25, 0.3) is 5.69 Å². The van der Waals surface area contributed by atoms with Crippen LogP contribution in [0.15, 0.2) is 42.7 Å². The lowest BCUT2D eigenvalue weighted by Crippen LogP contribution is -2.40. The quantitative estimate of drug-likeness (QED) is 0.881. The Bertz CT molecular complexity index is 715. The maximum Gasteiger partial charge on any atom is 0.220 e. The molecular formula is C20H26N4O. The highest BCUT2D eigenvalue weighted by atomic mass is 16.1. The van der Waals surface area contributed by atoms with Gasteiger partial charge in [-0.2, -0.15) is 5.10 Å². The van der Waals surface area contributed by atoms with E-state index in [4.69, 9.17) is 0 Å². The Labute approximate surface area is 148 Å². The molecular weight excluding hydrogens is 312 g/mol. The summed E-state index contributed by atoms with van der Waals surface area (Å²) in [5, 5.41) is 11.2. The van der Waals surface area contributed by atoms with Gasteiger partial charge in [0.05, 0.1) is 11.7 Å². The number of fused-ring (bicyclic) bond motifs is 2. The van der Waals surface area contributed by atoms with Crippen LogP contribution in [0, 0.1) is 5.92 Å². The molecule has 2 bridgehead atoms. The van der Waals surface area contributed by atoms with E-state index in [2.05, 4.69) is 21.8 Å². The first-order chi connectivity index (χ1) is 12.2. The zero-order valence-electron chi connectivity index (χ0n) is 14.7. The largest absolute Gasteiger partial charge is 0.349 e. The van der Waals surface area contributed by atoms with Crippen molar-refractivity contribution < 1.29 is 4.79 Å². The molecule has 1 aromatic heterocycles. The van der Waals surface area contributed by atoms with Crippen molar-refractivity contribution in [2.75, 3.05) is 0 Å². The van der Waals surface area contributed by atoms with E-state index in [9.17, 15) is 4.79 Å². The molecule has 132 valence electrons. The van der Waals surface area contributed by atoms with Crippen molar-refractivity contribution in [1.82, 2.24) is 20.4 Å². The summed E-state index contributed by atoms with van der Waals surface area (Å²) in [7, 11) is 0. The number of benzene rings is 1. The molecule has 2 aliphatic rings. The molecule has 2 aliphatic heterocycles. The average Bonchev–Trinajstić information content (AvgIpc) is 3.24. The van der Waals surface area contributed by atoms with Crippen LogP contribution in [0.5, 0.6) is 0 Å². The summed E-state index contributed by atoms with van der Waals surface area (Å²) >= 11 is 0. The Morgan fingerprint density at radius 1 is 1.28 bits per heavy atom. The first-order valence-electron chi connectivity index (χ1n) is 9.33. The SMILES string of the molecule is CC(NC(=O)CC1CC2CCC(C1)N2)c1ccccc1-n1cccn1. The lowest BCUT2D eigenvalue weighted by Gasteiger charge is -2.29. The lowest BCUT2D eigenvalue weighted by atomic mass is 9.89. The summed E-state index contributed by atoms with van der Waals surface area (Å²) in [4.78, 5) is 12.6. The first kappa shape index (κ1) is 16.3. The summed E-state index contributed by atoms with van der Waals surface area (Å²) in [6, 6.07) is 11.2. The summed E-state index contributed by atoms with van der Waals surface area (Å²) < 4.78 is 1.85. The van der Waals surface area contributed by atoms with Crippen molar-refractivity contribution >= 4 is 5.91 Å². The highest BCUT2D eigenvalue weighted by Crippen LogP contribution is 2.32. The van der Waals surface area contributed by atoms with Crippen molar-refractivity contribution in [2.45, 2.75) is 57.2 Å². The predicted octanol–water partition coefficient (Wildman–Crippen LogP) is 2.97. The monoisotopic (exact) mass is 338 g/mol. The van der Waals surface area contributed by atoms with Crippen LogP contribution in [0.2, 0.25) is 0 Å². The first-order valence-corrected chi connectivity index (χ1v) is 9.33. The third-order valence-electron chi connectivity index (χ3n) is 5.58. The van der Waals surface area contributed by atoms with Crippen LogP contribution < -0.4 is 10.6 Å². The number of rotatable bonds is 5. The van der Waals surface area contributed by atoms with Crippen LogP contribution in [0.3, 0.4) is 0 Å². The summed E-state index contributed by atoms with van der Waals surface area (Å²) in [5.74, 6) is 0.682. The number of aromatic nitrogens is 2. The molecule has 5 heteroatoms. The second-order valence-electron chi connectivity index (χ2n) is 7.48. The fourth-order valence-electron chi connectivity index (χ4n) is 4.46. The topological polar surface area (TPSA) is 59.0 Å². The highest BCUT2D eigenvalue weighted by molar-refractivity contribution is 5.77. The maximum absolute atomic E-state index is 12.6. The zero-order valence-corrected chi connectivity index (χ0v) is 14.7. The zero-order chi connectivity index (χ0) is 17.2. The number of nitrogens with zero attached hydrogens (tertiary/aromatic N) is 2. The predicted molar refractivity (Wildman–Crippen MR) is 97.4 cm³/mol. The molecule has 0 aliphatic carbocycles. The molecule has 4 rings (SSSR count). The molecule has 1 amide bonds. The van der Waals surface area contributed by atoms with E-state index in [-0.39, 0.29) is 11.9 Å². The Hall–Kier alpha value is -2.14. The van der Waals surface area contributed by atoms with Crippen LogP contribution in [0.4, 0.5) is 0 Å². The minimum atomic E-state index is -0.0358. The Morgan fingerprint density at radius 3 is 2.76 bits per heavy atom. The van der Waals surface area contributed by atoms with Gasteiger partial charge in [-0.1, -0.05) is 18.2 Å². The van der Waals surface area contributed by atoms with Gasteiger partial charge in [0.25, 0.3) is 0 Å². The molecule has 0 spiro atoms. The summed E-state index contributed by atoms with van der Waals surface area (Å²) in [5.41, 5.74) is 2.10. The van der Waals surface area contributed by atoms with Gasteiger partial charge in [-0.25, -0.2) is 4.68 Å². The normalized spacial score (nSPS) is 26.4. The molecule has 25 heavy (non-hydrogen) atoms. The number of piperidine rings is 1. The van der Waals surface area contributed by atoms with Crippen LogP contribution >= 0.6 is 0 Å². The van der Waals surface area contributed by atoms with E-state index in [0.717, 1.165) is 24.1 Å². The molecule has 3 unspecified atom stereocenters. The Kier molecular flexibility index (Phi) is 4.57. The second-order valence-corrected chi connectivity index (χ2v) is 7.48. The van der Waals surface area contributed by atoms with Gasteiger partial charge in [0, 0.05) is 30.9 Å². The van der Waals surface area contributed by atoms with E-state index >= 15 is 0 Å². The molecule has 0 radical (unpaired) electrons. The van der Waals surface area contributed by atoms with Gasteiger partial charge in [0.15, 0.2) is 0 Å².